The quantitative estimate of drug-likeness (QED) is 0.123. The van der Waals surface area contributed by atoms with Crippen LogP contribution in [0.25, 0.3) is 22.3 Å². The predicted molar refractivity (Wildman–Crippen MR) is 158 cm³/mol. The third-order valence-electron chi connectivity index (χ3n) is 7.30. The van der Waals surface area contributed by atoms with Crippen molar-refractivity contribution in [3.05, 3.63) is 33.4 Å². The fourth-order valence-electron chi connectivity index (χ4n) is 5.32. The molecule has 0 amide bonds. The van der Waals surface area contributed by atoms with E-state index in [1.54, 1.807) is 0 Å². The zero-order valence-corrected chi connectivity index (χ0v) is 26.2. The van der Waals surface area contributed by atoms with Crippen molar-refractivity contribution in [2.45, 2.75) is 49.2 Å². The number of aromatic nitrogens is 8. The molecule has 26 heteroatoms. The summed E-state index contributed by atoms with van der Waals surface area (Å²) in [4.78, 5) is 44.7. The van der Waals surface area contributed by atoms with Gasteiger partial charge < -0.3 is 20.9 Å². The van der Waals surface area contributed by atoms with Crippen molar-refractivity contribution in [1.82, 2.24) is 39.0 Å². The average molecular weight is 727 g/mol. The van der Waals surface area contributed by atoms with E-state index in [0.717, 1.165) is 21.8 Å². The molecule has 3 saturated heterocycles. The number of H-pyrrole nitrogens is 2. The molecule has 0 aromatic carbocycles. The zero-order chi connectivity index (χ0) is 32.7. The summed E-state index contributed by atoms with van der Waals surface area (Å²) in [6, 6.07) is 0. The fourth-order valence-corrected chi connectivity index (χ4v) is 8.28. The number of nitrogens with zero attached hydrogens (tertiary/aromatic N) is 6. The molecule has 7 rings (SSSR count). The summed E-state index contributed by atoms with van der Waals surface area (Å²) >= 11 is 7.90. The summed E-state index contributed by atoms with van der Waals surface area (Å²) in [7, 11) is 0. The summed E-state index contributed by atoms with van der Waals surface area (Å²) in [6.07, 6.45) is -11.7. The number of nitrogen functional groups attached to an aromatic ring is 2. The fraction of sp³-hybridized carbons (Fsp3) is 0.500. The summed E-state index contributed by atoms with van der Waals surface area (Å²) in [6.45, 7) is -10.4. The van der Waals surface area contributed by atoms with Crippen molar-refractivity contribution in [3.63, 3.8) is 0 Å². The number of hydrogen-bond donors (Lipinski definition) is 6. The Bertz CT molecular complexity index is 1920. The van der Waals surface area contributed by atoms with E-state index in [9.17, 15) is 18.7 Å². The molecule has 0 spiro atoms. The van der Waals surface area contributed by atoms with Crippen molar-refractivity contribution in [2.24, 2.45) is 0 Å². The number of fused-ring (bicyclic) bond motifs is 4. The number of anilines is 2. The minimum absolute atomic E-state index is 0.137. The van der Waals surface area contributed by atoms with Crippen molar-refractivity contribution < 1.29 is 45.5 Å². The monoisotopic (exact) mass is 726 g/mol. The molecule has 6 N–H and O–H groups in total. The van der Waals surface area contributed by atoms with Crippen LogP contribution in [0.5, 0.6) is 0 Å². The Morgan fingerprint density at radius 3 is 1.57 bits per heavy atom. The van der Waals surface area contributed by atoms with Gasteiger partial charge in [-0.3, -0.25) is 46.8 Å². The maximum Gasteiger partial charge on any atom is 0.386 e. The Morgan fingerprint density at radius 1 is 0.783 bits per heavy atom. The number of halogens is 2. The van der Waals surface area contributed by atoms with Crippen LogP contribution >= 0.6 is 38.1 Å². The smallest absolute Gasteiger partial charge is 0.369 e. The minimum atomic E-state index is -4.48. The van der Waals surface area contributed by atoms with Crippen LogP contribution in [0.4, 0.5) is 20.7 Å². The number of alkyl halides is 2. The number of hydrogen-bond acceptors (Lipinski definition) is 16. The molecule has 46 heavy (non-hydrogen) atoms. The third-order valence-corrected chi connectivity index (χ3v) is 10.5. The summed E-state index contributed by atoms with van der Waals surface area (Å²) in [5.41, 5.74) is 9.24. The van der Waals surface area contributed by atoms with Crippen molar-refractivity contribution in [1.29, 1.82) is 0 Å². The molecule has 0 saturated carbocycles. The first-order valence-corrected chi connectivity index (χ1v) is 18.5. The van der Waals surface area contributed by atoms with Gasteiger partial charge in [-0.05, 0) is 0 Å². The van der Waals surface area contributed by atoms with E-state index < -0.39 is 87.1 Å². The van der Waals surface area contributed by atoms with Gasteiger partial charge in [-0.25, -0.2) is 27.9 Å². The number of imidazole rings is 2. The summed E-state index contributed by atoms with van der Waals surface area (Å²) < 4.78 is 93.9. The third kappa shape index (κ3) is 5.55. The van der Waals surface area contributed by atoms with Gasteiger partial charge in [0, 0.05) is 0 Å². The van der Waals surface area contributed by atoms with Gasteiger partial charge in [0.25, 0.3) is 11.1 Å². The first-order valence-electron chi connectivity index (χ1n) is 13.1. The largest absolute Gasteiger partial charge is 0.386 e. The number of thiol groups is 2. The molecule has 3 aliphatic rings. The highest BCUT2D eigenvalue weighted by Gasteiger charge is 2.54. The van der Waals surface area contributed by atoms with E-state index in [2.05, 4.69) is 54.4 Å². The van der Waals surface area contributed by atoms with Crippen LogP contribution in [-0.2, 0) is 36.7 Å². The minimum Gasteiger partial charge on any atom is -0.369 e. The average Bonchev–Trinajstić information content (AvgIpc) is 3.72. The van der Waals surface area contributed by atoms with Crippen LogP contribution < -0.4 is 22.6 Å². The van der Waals surface area contributed by atoms with Crippen molar-refractivity contribution in [3.8, 4) is 0 Å². The van der Waals surface area contributed by atoms with Crippen LogP contribution in [-0.4, -0.2) is 89.0 Å². The lowest BCUT2D eigenvalue weighted by Crippen LogP contribution is -2.36. The number of nitrogens with two attached hydrogens (primary N) is 2. The predicted octanol–water partition coefficient (Wildman–Crippen LogP) is 0.781. The highest BCUT2D eigenvalue weighted by Crippen LogP contribution is 2.60. The summed E-state index contributed by atoms with van der Waals surface area (Å²) in [5, 5.41) is 0. The molecular formula is C20H22F2N10O10P2S2. The van der Waals surface area contributed by atoms with Crippen LogP contribution in [0.3, 0.4) is 0 Å². The lowest BCUT2D eigenvalue weighted by molar-refractivity contribution is -0.0544. The highest BCUT2D eigenvalue weighted by atomic mass is 32.7. The number of ether oxygens (including phenoxy) is 2. The van der Waals surface area contributed by atoms with E-state index in [4.69, 9.17) is 39.0 Å². The standard InChI is InChI=1S/C20H22F2N10O10P2S2/c21-7-11-5(39-17(7)31-3-25-9-13(31)27-19(23)29-15(9)33)1-37-43(35,45)42-12-6(2-38-44(36,46)41-11)40-18(8(12)22)32-4-26-10-14(32)28-20(24)30-16(10)34/h3-8,11-12,17-18H,1-2H2,(H,35,45)(H,36,46)(H3,23,27,29,33)(H3,24,28,30,34)/t5-,6?,7-,8-,11?,12-,17-,18-,43-,44-/m1/s1. The van der Waals surface area contributed by atoms with Gasteiger partial charge in [0.05, 0.1) is 25.9 Å². The maximum atomic E-state index is 16.0. The second kappa shape index (κ2) is 11.4. The molecule has 10 atom stereocenters. The molecule has 0 radical (unpaired) electrons. The van der Waals surface area contributed by atoms with Gasteiger partial charge in [0.1, 0.15) is 24.4 Å². The van der Waals surface area contributed by atoms with Gasteiger partial charge in [-0.2, -0.15) is 9.97 Å². The summed E-state index contributed by atoms with van der Waals surface area (Å²) in [5.74, 6) is -0.562. The van der Waals surface area contributed by atoms with Crippen molar-refractivity contribution in [2.75, 3.05) is 24.7 Å². The van der Waals surface area contributed by atoms with Crippen LogP contribution in [0.2, 0.25) is 0 Å². The maximum absolute atomic E-state index is 16.0. The second-order valence-electron chi connectivity index (χ2n) is 10.2. The normalized spacial score (nSPS) is 37.1. The van der Waals surface area contributed by atoms with E-state index in [1.807, 2.05) is 0 Å². The molecule has 4 aromatic rings. The Hall–Kier alpha value is -2.92. The second-order valence-corrected chi connectivity index (χ2v) is 16.0. The number of nitrogens with one attached hydrogen (secondary N) is 2. The molecule has 20 nitrogen and oxygen atoms in total. The lowest BCUT2D eigenvalue weighted by Gasteiger charge is -2.28. The first kappa shape index (κ1) is 31.7. The van der Waals surface area contributed by atoms with E-state index in [-0.39, 0.29) is 34.2 Å². The first-order chi connectivity index (χ1) is 21.7. The topological polar surface area (TPSA) is 269 Å². The molecule has 248 valence electrons. The molecule has 7 heterocycles. The van der Waals surface area contributed by atoms with Gasteiger partial charge in [0.2, 0.25) is 11.9 Å². The molecule has 0 bridgehead atoms. The number of rotatable bonds is 2. The van der Waals surface area contributed by atoms with Gasteiger partial charge in [-0.1, -0.05) is 24.5 Å². The van der Waals surface area contributed by atoms with Crippen LogP contribution in [0, 0.1) is 0 Å². The lowest BCUT2D eigenvalue weighted by atomic mass is 10.1. The van der Waals surface area contributed by atoms with Gasteiger partial charge in [0.15, 0.2) is 47.1 Å². The van der Waals surface area contributed by atoms with Gasteiger partial charge in [-0.15, -0.1) is 0 Å². The Labute approximate surface area is 263 Å². The van der Waals surface area contributed by atoms with Crippen LogP contribution in [0.15, 0.2) is 22.2 Å². The molecule has 0 aliphatic carbocycles. The Balaban J connectivity index is 1.18. The molecule has 2 unspecified atom stereocenters. The zero-order valence-electron chi connectivity index (χ0n) is 22.7. The molecule has 3 fully saturated rings. The SMILES string of the molecule is Nc1nc2c(ncn2[C@@H]2OC3CO[P@@](=O)(S)OC4[C@@H](F)[C@H](n5cnc6c(=O)[nH]c(N)nc65)O[C@@H]4CO[P@@](=O)(S)O[C@H]3[C@H]2F)c(=O)[nH]1. The Kier molecular flexibility index (Phi) is 7.82. The molecular weight excluding hydrogens is 704 g/mol. The van der Waals surface area contributed by atoms with Crippen LogP contribution in [0.1, 0.15) is 12.5 Å². The highest BCUT2D eigenvalue weighted by molar-refractivity contribution is 8.44. The number of aromatic amines is 2. The van der Waals surface area contributed by atoms with Gasteiger partial charge >= 0.3 is 13.6 Å². The Morgan fingerprint density at radius 2 is 1.17 bits per heavy atom. The molecule has 3 aliphatic heterocycles. The molecule has 4 aromatic heterocycles. The van der Waals surface area contributed by atoms with Crippen molar-refractivity contribution >= 4 is 72.3 Å². The van der Waals surface area contributed by atoms with E-state index in [1.165, 1.54) is 0 Å². The van der Waals surface area contributed by atoms with E-state index in [0.29, 0.717) is 0 Å². The van der Waals surface area contributed by atoms with E-state index >= 15 is 8.78 Å².